The Hall–Kier alpha value is -3.15. The fourth-order valence-electron chi connectivity index (χ4n) is 3.31. The number of carbonyl (C=O) groups is 2. The van der Waals surface area contributed by atoms with Gasteiger partial charge in [0.25, 0.3) is 5.91 Å². The second-order valence-corrected chi connectivity index (χ2v) is 7.24. The number of nitrogens with one attached hydrogen (secondary N) is 2. The van der Waals surface area contributed by atoms with Gasteiger partial charge in [-0.2, -0.15) is 5.10 Å². The summed E-state index contributed by atoms with van der Waals surface area (Å²) in [5.74, 6) is 0.535. The molecule has 29 heavy (non-hydrogen) atoms. The van der Waals surface area contributed by atoms with Crippen LogP contribution in [-0.2, 0) is 9.59 Å². The molecule has 1 fully saturated rings. The molecule has 1 saturated carbocycles. The summed E-state index contributed by atoms with van der Waals surface area (Å²) < 4.78 is 5.39. The van der Waals surface area contributed by atoms with E-state index in [1.807, 2.05) is 49.4 Å². The van der Waals surface area contributed by atoms with Crippen molar-refractivity contribution in [3.63, 3.8) is 0 Å². The molecule has 0 saturated heterocycles. The molecule has 2 amide bonds. The Labute approximate surface area is 171 Å². The molecule has 0 spiro atoms. The third kappa shape index (κ3) is 6.45. The van der Waals surface area contributed by atoms with E-state index < -0.39 is 0 Å². The second-order valence-electron chi connectivity index (χ2n) is 7.24. The van der Waals surface area contributed by atoms with Gasteiger partial charge in [0.05, 0.1) is 5.71 Å². The average molecular weight is 393 g/mol. The lowest BCUT2D eigenvalue weighted by Crippen LogP contribution is -2.25. The van der Waals surface area contributed by atoms with Crippen molar-refractivity contribution in [2.75, 3.05) is 11.9 Å². The monoisotopic (exact) mass is 393 g/mol. The van der Waals surface area contributed by atoms with E-state index in [1.165, 1.54) is 6.42 Å². The van der Waals surface area contributed by atoms with E-state index in [-0.39, 0.29) is 24.3 Å². The summed E-state index contributed by atoms with van der Waals surface area (Å²) in [6, 6.07) is 16.6. The first-order valence-corrected chi connectivity index (χ1v) is 10.0. The lowest BCUT2D eigenvalue weighted by molar-refractivity contribution is -0.123. The average Bonchev–Trinajstić information content (AvgIpc) is 2.78. The zero-order chi connectivity index (χ0) is 20.5. The molecule has 3 rings (SSSR count). The molecule has 0 radical (unpaired) electrons. The summed E-state index contributed by atoms with van der Waals surface area (Å²) in [5.41, 5.74) is 4.81. The van der Waals surface area contributed by atoms with Gasteiger partial charge >= 0.3 is 0 Å². The predicted octanol–water partition coefficient (Wildman–Crippen LogP) is 4.12. The molecule has 2 N–H and O–H groups in total. The van der Waals surface area contributed by atoms with Crippen LogP contribution in [0.4, 0.5) is 5.69 Å². The zero-order valence-corrected chi connectivity index (χ0v) is 16.7. The zero-order valence-electron chi connectivity index (χ0n) is 16.7. The van der Waals surface area contributed by atoms with Gasteiger partial charge in [-0.3, -0.25) is 9.59 Å². The van der Waals surface area contributed by atoms with Crippen LogP contribution in [0, 0.1) is 5.92 Å². The van der Waals surface area contributed by atoms with Gasteiger partial charge in [-0.05, 0) is 49.6 Å². The smallest absolute Gasteiger partial charge is 0.277 e. The number of hydrazone groups is 1. The standard InChI is InChI=1S/C23H27N3O3/c1-17(25-26-22(27)16-29-21-10-6-3-7-11-21)18-12-14-20(15-13-18)24-23(28)19-8-4-2-5-9-19/h3,6-7,10-15,19H,2,4-5,8-9,16H2,1H3,(H,24,28)(H,26,27). The number of nitrogens with zero attached hydrogens (tertiary/aromatic N) is 1. The van der Waals surface area contributed by atoms with Crippen LogP contribution in [0.15, 0.2) is 59.7 Å². The van der Waals surface area contributed by atoms with E-state index in [4.69, 9.17) is 4.74 Å². The van der Waals surface area contributed by atoms with Crippen LogP contribution in [0.2, 0.25) is 0 Å². The Bertz CT molecular complexity index is 841. The van der Waals surface area contributed by atoms with Crippen molar-refractivity contribution >= 4 is 23.2 Å². The number of para-hydroxylation sites is 1. The Morgan fingerprint density at radius 3 is 2.38 bits per heavy atom. The molecule has 0 unspecified atom stereocenters. The number of rotatable bonds is 7. The molecule has 0 heterocycles. The number of anilines is 1. The fourth-order valence-corrected chi connectivity index (χ4v) is 3.31. The Kier molecular flexibility index (Phi) is 7.39. The quantitative estimate of drug-likeness (QED) is 0.548. The highest BCUT2D eigenvalue weighted by Crippen LogP contribution is 2.25. The van der Waals surface area contributed by atoms with Crippen molar-refractivity contribution in [2.24, 2.45) is 11.0 Å². The van der Waals surface area contributed by atoms with Crippen molar-refractivity contribution in [3.05, 3.63) is 60.2 Å². The van der Waals surface area contributed by atoms with Gasteiger partial charge in [0.1, 0.15) is 5.75 Å². The molecular weight excluding hydrogens is 366 g/mol. The lowest BCUT2D eigenvalue weighted by atomic mass is 9.88. The molecule has 2 aromatic carbocycles. The van der Waals surface area contributed by atoms with Crippen LogP contribution in [0.5, 0.6) is 5.75 Å². The van der Waals surface area contributed by atoms with Crippen molar-refractivity contribution in [1.29, 1.82) is 0 Å². The van der Waals surface area contributed by atoms with E-state index in [1.54, 1.807) is 12.1 Å². The molecule has 152 valence electrons. The first-order chi connectivity index (χ1) is 14.1. The highest BCUT2D eigenvalue weighted by Gasteiger charge is 2.20. The van der Waals surface area contributed by atoms with Crippen LogP contribution in [0.3, 0.4) is 0 Å². The van der Waals surface area contributed by atoms with Crippen molar-refractivity contribution in [2.45, 2.75) is 39.0 Å². The predicted molar refractivity (Wildman–Crippen MR) is 114 cm³/mol. The van der Waals surface area contributed by atoms with E-state index in [9.17, 15) is 9.59 Å². The number of benzene rings is 2. The fraction of sp³-hybridized carbons (Fsp3) is 0.348. The van der Waals surface area contributed by atoms with Crippen LogP contribution in [-0.4, -0.2) is 24.1 Å². The highest BCUT2D eigenvalue weighted by atomic mass is 16.5. The molecule has 0 atom stereocenters. The number of amides is 2. The van der Waals surface area contributed by atoms with Crippen LogP contribution >= 0.6 is 0 Å². The topological polar surface area (TPSA) is 79.8 Å². The molecule has 1 aliphatic rings. The van der Waals surface area contributed by atoms with Gasteiger partial charge in [-0.25, -0.2) is 5.43 Å². The minimum absolute atomic E-state index is 0.104. The van der Waals surface area contributed by atoms with Gasteiger partial charge in [0.15, 0.2) is 6.61 Å². The van der Waals surface area contributed by atoms with Crippen molar-refractivity contribution < 1.29 is 14.3 Å². The molecule has 0 aliphatic heterocycles. The summed E-state index contributed by atoms with van der Waals surface area (Å²) in [4.78, 5) is 24.2. The molecular formula is C23H27N3O3. The minimum atomic E-state index is -0.329. The van der Waals surface area contributed by atoms with Gasteiger partial charge in [-0.15, -0.1) is 0 Å². The molecule has 6 heteroatoms. The third-order valence-corrected chi connectivity index (χ3v) is 5.01. The first kappa shape index (κ1) is 20.6. The Balaban J connectivity index is 1.48. The van der Waals surface area contributed by atoms with E-state index in [2.05, 4.69) is 15.8 Å². The van der Waals surface area contributed by atoms with Gasteiger partial charge < -0.3 is 10.1 Å². The van der Waals surface area contributed by atoms with Crippen LogP contribution in [0.25, 0.3) is 0 Å². The maximum absolute atomic E-state index is 12.3. The van der Waals surface area contributed by atoms with Gasteiger partial charge in [0.2, 0.25) is 5.91 Å². The molecule has 0 bridgehead atoms. The van der Waals surface area contributed by atoms with E-state index >= 15 is 0 Å². The summed E-state index contributed by atoms with van der Waals surface area (Å²) in [6.07, 6.45) is 5.45. The Morgan fingerprint density at radius 1 is 1.00 bits per heavy atom. The Morgan fingerprint density at radius 2 is 1.69 bits per heavy atom. The normalized spacial score (nSPS) is 14.9. The SMILES string of the molecule is CC(=NNC(=O)COc1ccccc1)c1ccc(NC(=O)C2CCCCC2)cc1. The minimum Gasteiger partial charge on any atom is -0.484 e. The summed E-state index contributed by atoms with van der Waals surface area (Å²) in [5, 5.41) is 7.12. The lowest BCUT2D eigenvalue weighted by Gasteiger charge is -2.20. The maximum Gasteiger partial charge on any atom is 0.277 e. The largest absolute Gasteiger partial charge is 0.484 e. The molecule has 0 aromatic heterocycles. The number of hydrogen-bond donors (Lipinski definition) is 2. The highest BCUT2D eigenvalue weighted by molar-refractivity contribution is 6.00. The molecule has 2 aromatic rings. The van der Waals surface area contributed by atoms with Crippen molar-refractivity contribution in [1.82, 2.24) is 5.43 Å². The second kappa shape index (κ2) is 10.4. The van der Waals surface area contributed by atoms with E-state index in [0.717, 1.165) is 36.9 Å². The third-order valence-electron chi connectivity index (χ3n) is 5.01. The first-order valence-electron chi connectivity index (χ1n) is 10.0. The van der Waals surface area contributed by atoms with Gasteiger partial charge in [-0.1, -0.05) is 49.6 Å². The van der Waals surface area contributed by atoms with Crippen LogP contribution in [0.1, 0.15) is 44.6 Å². The number of ether oxygens (including phenoxy) is 1. The van der Waals surface area contributed by atoms with Gasteiger partial charge in [0, 0.05) is 11.6 Å². The molecule has 1 aliphatic carbocycles. The number of carbonyl (C=O) groups excluding carboxylic acids is 2. The summed E-state index contributed by atoms with van der Waals surface area (Å²) in [7, 11) is 0. The van der Waals surface area contributed by atoms with E-state index in [0.29, 0.717) is 11.5 Å². The molecule has 6 nitrogen and oxygen atoms in total. The summed E-state index contributed by atoms with van der Waals surface area (Å²) >= 11 is 0. The van der Waals surface area contributed by atoms with Crippen molar-refractivity contribution in [3.8, 4) is 5.75 Å². The number of hydrogen-bond acceptors (Lipinski definition) is 4. The summed E-state index contributed by atoms with van der Waals surface area (Å²) in [6.45, 7) is 1.71. The maximum atomic E-state index is 12.3. The van der Waals surface area contributed by atoms with Crippen LogP contribution < -0.4 is 15.5 Å².